The number of hydrogen-bond donors (Lipinski definition) is 2. The molecule has 0 aromatic rings. The number of hydrogen-bond acceptors (Lipinski definition) is 2. The lowest BCUT2D eigenvalue weighted by molar-refractivity contribution is -0.142. The third kappa shape index (κ3) is 5.17. The number of nitrogens with one attached hydrogen (secondary N) is 1. The van der Waals surface area contributed by atoms with Crippen LogP contribution in [0.15, 0.2) is 0 Å². The quantitative estimate of drug-likeness (QED) is 0.808. The van der Waals surface area contributed by atoms with Gasteiger partial charge in [0.15, 0.2) is 6.04 Å². The molecule has 1 rings (SSSR count). The van der Waals surface area contributed by atoms with Crippen LogP contribution < -0.4 is 5.32 Å². The number of aliphatic carboxylic acids is 1. The molecule has 0 saturated heterocycles. The summed E-state index contributed by atoms with van der Waals surface area (Å²) in [6.45, 7) is 5.48. The third-order valence-corrected chi connectivity index (χ3v) is 3.74. The van der Waals surface area contributed by atoms with Gasteiger partial charge in [-0.3, -0.25) is 4.79 Å². The summed E-state index contributed by atoms with van der Waals surface area (Å²) < 4.78 is 12.4. The van der Waals surface area contributed by atoms with Crippen molar-refractivity contribution in [3.63, 3.8) is 0 Å². The SMILES string of the molecule is CC1CC(CC(=O)NC(CF)C(=O)O)CC(C)(C)C1. The Hall–Kier alpha value is -1.13. The van der Waals surface area contributed by atoms with Gasteiger partial charge < -0.3 is 10.4 Å². The molecule has 1 saturated carbocycles. The van der Waals surface area contributed by atoms with Crippen LogP contribution in [0.25, 0.3) is 0 Å². The Bertz CT molecular complexity index is 344. The Morgan fingerprint density at radius 2 is 2.05 bits per heavy atom. The topological polar surface area (TPSA) is 66.4 Å². The summed E-state index contributed by atoms with van der Waals surface area (Å²) in [6.07, 6.45) is 3.37. The van der Waals surface area contributed by atoms with Crippen LogP contribution in [0.5, 0.6) is 0 Å². The molecule has 1 fully saturated rings. The number of carbonyl (C=O) groups excluding carboxylic acids is 1. The average Bonchev–Trinajstić information content (AvgIpc) is 2.22. The zero-order valence-corrected chi connectivity index (χ0v) is 11.9. The molecule has 0 aromatic carbocycles. The first-order valence-electron chi connectivity index (χ1n) is 6.81. The lowest BCUT2D eigenvalue weighted by Crippen LogP contribution is -2.43. The van der Waals surface area contributed by atoms with Crippen LogP contribution in [0.1, 0.15) is 46.5 Å². The highest BCUT2D eigenvalue weighted by molar-refractivity contribution is 5.83. The first kappa shape index (κ1) is 15.9. The van der Waals surface area contributed by atoms with Gasteiger partial charge >= 0.3 is 5.97 Å². The van der Waals surface area contributed by atoms with Crippen molar-refractivity contribution >= 4 is 11.9 Å². The summed E-state index contributed by atoms with van der Waals surface area (Å²) in [5, 5.41) is 10.9. The summed E-state index contributed by atoms with van der Waals surface area (Å²) >= 11 is 0. The highest BCUT2D eigenvalue weighted by Gasteiger charge is 2.33. The van der Waals surface area contributed by atoms with E-state index in [1.165, 1.54) is 0 Å². The minimum absolute atomic E-state index is 0.217. The fourth-order valence-corrected chi connectivity index (χ4v) is 3.38. The first-order valence-corrected chi connectivity index (χ1v) is 6.81. The lowest BCUT2D eigenvalue weighted by Gasteiger charge is -2.38. The van der Waals surface area contributed by atoms with E-state index < -0.39 is 18.7 Å². The smallest absolute Gasteiger partial charge is 0.328 e. The van der Waals surface area contributed by atoms with Crippen molar-refractivity contribution in [1.29, 1.82) is 0 Å². The van der Waals surface area contributed by atoms with Gasteiger partial charge in [-0.25, -0.2) is 9.18 Å². The van der Waals surface area contributed by atoms with Gasteiger partial charge in [0.25, 0.3) is 0 Å². The Labute approximate surface area is 113 Å². The second kappa shape index (κ2) is 6.35. The zero-order valence-electron chi connectivity index (χ0n) is 11.9. The predicted molar refractivity (Wildman–Crippen MR) is 70.4 cm³/mol. The molecule has 5 heteroatoms. The van der Waals surface area contributed by atoms with Crippen LogP contribution in [0.2, 0.25) is 0 Å². The minimum atomic E-state index is -1.42. The van der Waals surface area contributed by atoms with Crippen molar-refractivity contribution in [2.75, 3.05) is 6.67 Å². The summed E-state index contributed by atoms with van der Waals surface area (Å²) in [7, 11) is 0. The van der Waals surface area contributed by atoms with E-state index in [9.17, 15) is 14.0 Å². The number of halogens is 1. The first-order chi connectivity index (χ1) is 8.73. The maximum Gasteiger partial charge on any atom is 0.328 e. The predicted octanol–water partition coefficient (Wildman–Crippen LogP) is 2.38. The highest BCUT2D eigenvalue weighted by atomic mass is 19.1. The number of carbonyl (C=O) groups is 2. The Balaban J connectivity index is 2.50. The monoisotopic (exact) mass is 273 g/mol. The van der Waals surface area contributed by atoms with Crippen molar-refractivity contribution in [3.05, 3.63) is 0 Å². The molecule has 4 nitrogen and oxygen atoms in total. The number of carboxylic acids is 1. The van der Waals surface area contributed by atoms with Gasteiger partial charge in [-0.15, -0.1) is 0 Å². The second-order valence-corrected chi connectivity index (χ2v) is 6.60. The number of alkyl halides is 1. The van der Waals surface area contributed by atoms with E-state index in [0.717, 1.165) is 19.3 Å². The summed E-state index contributed by atoms with van der Waals surface area (Å²) in [5.41, 5.74) is 0.217. The van der Waals surface area contributed by atoms with E-state index in [0.29, 0.717) is 5.92 Å². The fourth-order valence-electron chi connectivity index (χ4n) is 3.38. The Kier molecular flexibility index (Phi) is 5.32. The molecule has 1 amide bonds. The number of rotatable bonds is 5. The third-order valence-electron chi connectivity index (χ3n) is 3.74. The second-order valence-electron chi connectivity index (χ2n) is 6.60. The molecule has 0 bridgehead atoms. The molecule has 0 radical (unpaired) electrons. The van der Waals surface area contributed by atoms with Crippen molar-refractivity contribution in [2.45, 2.75) is 52.5 Å². The molecule has 0 heterocycles. The molecule has 0 spiro atoms. The van der Waals surface area contributed by atoms with Crippen molar-refractivity contribution in [1.82, 2.24) is 5.32 Å². The van der Waals surface area contributed by atoms with Gasteiger partial charge in [-0.2, -0.15) is 0 Å². The normalized spacial score (nSPS) is 27.6. The van der Waals surface area contributed by atoms with E-state index in [2.05, 4.69) is 26.1 Å². The van der Waals surface area contributed by atoms with Gasteiger partial charge in [0.1, 0.15) is 6.67 Å². The summed E-state index contributed by atoms with van der Waals surface area (Å²) in [6, 6.07) is -1.42. The Morgan fingerprint density at radius 1 is 1.42 bits per heavy atom. The van der Waals surface area contributed by atoms with E-state index in [1.807, 2.05) is 0 Å². The molecule has 2 N–H and O–H groups in total. The molecule has 110 valence electrons. The van der Waals surface area contributed by atoms with Gasteiger partial charge in [-0.05, 0) is 36.5 Å². The number of carboxylic acid groups (broad SMARTS) is 1. The highest BCUT2D eigenvalue weighted by Crippen LogP contribution is 2.42. The lowest BCUT2D eigenvalue weighted by atomic mass is 9.67. The molecule has 0 aliphatic heterocycles. The van der Waals surface area contributed by atoms with Crippen molar-refractivity contribution in [3.8, 4) is 0 Å². The van der Waals surface area contributed by atoms with Crippen LogP contribution in [0.4, 0.5) is 4.39 Å². The van der Waals surface area contributed by atoms with E-state index in [4.69, 9.17) is 5.11 Å². The summed E-state index contributed by atoms with van der Waals surface area (Å²) in [4.78, 5) is 22.4. The van der Waals surface area contributed by atoms with Crippen molar-refractivity contribution < 1.29 is 19.1 Å². The van der Waals surface area contributed by atoms with E-state index in [1.54, 1.807) is 0 Å². The van der Waals surface area contributed by atoms with Crippen LogP contribution in [0.3, 0.4) is 0 Å². The minimum Gasteiger partial charge on any atom is -0.480 e. The van der Waals surface area contributed by atoms with Crippen LogP contribution in [-0.2, 0) is 9.59 Å². The molecule has 3 unspecified atom stereocenters. The Morgan fingerprint density at radius 3 is 2.53 bits per heavy atom. The van der Waals surface area contributed by atoms with Crippen molar-refractivity contribution in [2.24, 2.45) is 17.3 Å². The van der Waals surface area contributed by atoms with Crippen LogP contribution in [-0.4, -0.2) is 29.7 Å². The average molecular weight is 273 g/mol. The molecular formula is C14H24FNO3. The van der Waals surface area contributed by atoms with Crippen LogP contribution >= 0.6 is 0 Å². The number of amides is 1. The molecular weight excluding hydrogens is 249 g/mol. The molecule has 1 aliphatic rings. The maximum absolute atomic E-state index is 12.4. The molecule has 1 aliphatic carbocycles. The maximum atomic E-state index is 12.4. The fraction of sp³-hybridized carbons (Fsp3) is 0.857. The van der Waals surface area contributed by atoms with Gasteiger partial charge in [-0.1, -0.05) is 20.8 Å². The van der Waals surface area contributed by atoms with Crippen LogP contribution in [0, 0.1) is 17.3 Å². The molecule has 0 aromatic heterocycles. The van der Waals surface area contributed by atoms with Gasteiger partial charge in [0.2, 0.25) is 5.91 Å². The molecule has 19 heavy (non-hydrogen) atoms. The van der Waals surface area contributed by atoms with Gasteiger partial charge in [0.05, 0.1) is 0 Å². The summed E-state index contributed by atoms with van der Waals surface area (Å²) in [5.74, 6) is -0.862. The van der Waals surface area contributed by atoms with E-state index >= 15 is 0 Å². The molecule has 3 atom stereocenters. The van der Waals surface area contributed by atoms with Gasteiger partial charge in [0, 0.05) is 6.42 Å². The standard InChI is InChI=1S/C14H24FNO3/c1-9-4-10(7-14(2,3)6-9)5-12(17)16-11(8-15)13(18)19/h9-11H,4-8H2,1-3H3,(H,16,17)(H,18,19). The zero-order chi connectivity index (χ0) is 14.6. The van der Waals surface area contributed by atoms with E-state index in [-0.39, 0.29) is 23.7 Å². The largest absolute Gasteiger partial charge is 0.480 e.